The number of ether oxygens (including phenoxy) is 1. The second kappa shape index (κ2) is 5.03. The molecule has 1 aromatic rings. The van der Waals surface area contributed by atoms with Crippen LogP contribution in [0.3, 0.4) is 0 Å². The lowest BCUT2D eigenvalue weighted by atomic mass is 10.1. The Morgan fingerprint density at radius 2 is 1.84 bits per heavy atom. The van der Waals surface area contributed by atoms with Crippen molar-refractivity contribution in [2.45, 2.75) is 11.7 Å². The fraction of sp³-hybridized carbons (Fsp3) is 0.143. The highest BCUT2D eigenvalue weighted by atomic mass is 32.2. The third kappa shape index (κ3) is 3.13. The number of benzene rings is 1. The lowest BCUT2D eigenvalue weighted by molar-refractivity contribution is 0.434. The first-order chi connectivity index (χ1) is 8.91. The first-order valence-corrected chi connectivity index (χ1v) is 7.13. The number of allylic oxidation sites excluding steroid dienone is 3. The van der Waals surface area contributed by atoms with Crippen LogP contribution in [0.1, 0.15) is 6.92 Å². The van der Waals surface area contributed by atoms with Gasteiger partial charge in [0.05, 0.1) is 0 Å². The van der Waals surface area contributed by atoms with E-state index in [2.05, 4.69) is 0 Å². The highest BCUT2D eigenvalue weighted by Crippen LogP contribution is 2.25. The number of para-hydroxylation sites is 1. The number of rotatable bonds is 3. The largest absolute Gasteiger partial charge is 0.458 e. The van der Waals surface area contributed by atoms with E-state index in [1.165, 1.54) is 19.1 Å². The summed E-state index contributed by atoms with van der Waals surface area (Å²) in [5.74, 6) is 0.953. The molecule has 0 fully saturated rings. The second-order valence-electron chi connectivity index (χ2n) is 4.34. The van der Waals surface area contributed by atoms with Crippen LogP contribution >= 0.6 is 0 Å². The summed E-state index contributed by atoms with van der Waals surface area (Å²) < 4.78 is 36.3. The van der Waals surface area contributed by atoms with Crippen LogP contribution in [0.5, 0.6) is 5.75 Å². The zero-order valence-corrected chi connectivity index (χ0v) is 11.2. The Hall–Kier alpha value is -1.85. The van der Waals surface area contributed by atoms with Gasteiger partial charge in [-0.3, -0.25) is 4.55 Å². The van der Waals surface area contributed by atoms with E-state index >= 15 is 0 Å². The van der Waals surface area contributed by atoms with E-state index in [9.17, 15) is 13.0 Å². The molecule has 1 atom stereocenters. The maximum atomic E-state index is 11.4. The van der Waals surface area contributed by atoms with Crippen molar-refractivity contribution < 1.29 is 17.7 Å². The molecule has 4 nitrogen and oxygen atoms in total. The zero-order valence-electron chi connectivity index (χ0n) is 10.4. The summed E-state index contributed by atoms with van der Waals surface area (Å²) in [5, 5.41) is 0. The van der Waals surface area contributed by atoms with E-state index in [0.717, 1.165) is 0 Å². The number of hydrogen-bond donors (Lipinski definition) is 1. The van der Waals surface area contributed by atoms with E-state index < -0.39 is 14.9 Å². The summed E-state index contributed by atoms with van der Waals surface area (Å²) >= 11 is 0. The summed E-state index contributed by atoms with van der Waals surface area (Å²) in [7, 11) is -4.26. The highest BCUT2D eigenvalue weighted by molar-refractivity contribution is 7.87. The highest BCUT2D eigenvalue weighted by Gasteiger charge is 2.34. The summed E-state index contributed by atoms with van der Waals surface area (Å²) in [6.07, 6.45) is 7.63. The standard InChI is InChI=1S/C14H14O4S/c1-14(19(15,16)17)10-6-5-9-13(11-14)18-12-7-3-2-4-8-12/h2-11H,1H3,(H,15,16,17). The molecule has 2 rings (SSSR count). The van der Waals surface area contributed by atoms with Gasteiger partial charge >= 0.3 is 0 Å². The van der Waals surface area contributed by atoms with E-state index in [0.29, 0.717) is 11.5 Å². The minimum atomic E-state index is -4.26. The van der Waals surface area contributed by atoms with Crippen molar-refractivity contribution in [1.82, 2.24) is 0 Å². The van der Waals surface area contributed by atoms with Gasteiger partial charge in [-0.1, -0.05) is 36.4 Å². The van der Waals surface area contributed by atoms with Crippen molar-refractivity contribution in [2.24, 2.45) is 0 Å². The third-order valence-electron chi connectivity index (χ3n) is 2.76. The quantitative estimate of drug-likeness (QED) is 0.863. The molecule has 1 unspecified atom stereocenters. The number of hydrogen-bond acceptors (Lipinski definition) is 3. The van der Waals surface area contributed by atoms with Gasteiger partial charge in [0, 0.05) is 0 Å². The van der Waals surface area contributed by atoms with Crippen molar-refractivity contribution in [1.29, 1.82) is 0 Å². The van der Waals surface area contributed by atoms with Crippen LogP contribution in [-0.2, 0) is 10.1 Å². The van der Waals surface area contributed by atoms with Crippen LogP contribution in [0, 0.1) is 0 Å². The van der Waals surface area contributed by atoms with Crippen molar-refractivity contribution in [2.75, 3.05) is 0 Å². The Bertz CT molecular complexity index is 641. The molecule has 5 heteroatoms. The molecular formula is C14H14O4S. The van der Waals surface area contributed by atoms with Crippen LogP contribution in [0.4, 0.5) is 0 Å². The summed E-state index contributed by atoms with van der Waals surface area (Å²) in [6.45, 7) is 1.40. The SMILES string of the molecule is CC1(S(=O)(=O)O)C=CC=CC(Oc2ccccc2)=C1. The lowest BCUT2D eigenvalue weighted by Crippen LogP contribution is -2.30. The summed E-state index contributed by atoms with van der Waals surface area (Å²) in [6, 6.07) is 9.01. The predicted octanol–water partition coefficient (Wildman–Crippen LogP) is 2.72. The molecule has 1 aromatic carbocycles. The normalized spacial score (nSPS) is 22.7. The molecule has 0 saturated carbocycles. The zero-order chi connectivity index (χ0) is 13.9. The van der Waals surface area contributed by atoms with Crippen LogP contribution in [0.2, 0.25) is 0 Å². The van der Waals surface area contributed by atoms with Gasteiger partial charge in [-0.15, -0.1) is 0 Å². The predicted molar refractivity (Wildman–Crippen MR) is 73.4 cm³/mol. The van der Waals surface area contributed by atoms with Crippen LogP contribution in [0.25, 0.3) is 0 Å². The smallest absolute Gasteiger partial charge is 0.277 e. The van der Waals surface area contributed by atoms with Gasteiger partial charge < -0.3 is 4.74 Å². The van der Waals surface area contributed by atoms with Gasteiger partial charge in [-0.2, -0.15) is 8.42 Å². The molecule has 1 aliphatic rings. The average Bonchev–Trinajstić information content (AvgIpc) is 2.52. The van der Waals surface area contributed by atoms with Crippen LogP contribution < -0.4 is 4.74 Å². The molecule has 1 N–H and O–H groups in total. The molecule has 19 heavy (non-hydrogen) atoms. The molecule has 1 aliphatic carbocycles. The topological polar surface area (TPSA) is 63.6 Å². The molecule has 0 radical (unpaired) electrons. The minimum absolute atomic E-state index is 0.358. The van der Waals surface area contributed by atoms with E-state index in [1.54, 1.807) is 30.4 Å². The first kappa shape index (κ1) is 13.6. The Morgan fingerprint density at radius 3 is 2.47 bits per heavy atom. The third-order valence-corrected chi connectivity index (χ3v) is 4.13. The Labute approximate surface area is 112 Å². The summed E-state index contributed by atoms with van der Waals surface area (Å²) in [4.78, 5) is 0. The van der Waals surface area contributed by atoms with Crippen LogP contribution in [-0.4, -0.2) is 17.7 Å². The van der Waals surface area contributed by atoms with E-state index in [1.807, 2.05) is 18.2 Å². The minimum Gasteiger partial charge on any atom is -0.458 e. The Kier molecular flexibility index (Phi) is 3.59. The van der Waals surface area contributed by atoms with E-state index in [-0.39, 0.29) is 0 Å². The van der Waals surface area contributed by atoms with Gasteiger partial charge in [0.1, 0.15) is 16.3 Å². The molecule has 0 aliphatic heterocycles. The van der Waals surface area contributed by atoms with Crippen molar-refractivity contribution >= 4 is 10.1 Å². The van der Waals surface area contributed by atoms with Crippen molar-refractivity contribution in [3.8, 4) is 5.75 Å². The monoisotopic (exact) mass is 278 g/mol. The Balaban J connectivity index is 2.35. The van der Waals surface area contributed by atoms with Gasteiger partial charge in [0.15, 0.2) is 0 Å². The maximum absolute atomic E-state index is 11.4. The van der Waals surface area contributed by atoms with Gasteiger partial charge in [0.25, 0.3) is 10.1 Å². The molecule has 0 amide bonds. The summed E-state index contributed by atoms with van der Waals surface area (Å²) in [5.41, 5.74) is 0. The second-order valence-corrected chi connectivity index (χ2v) is 6.17. The fourth-order valence-electron chi connectivity index (χ4n) is 1.62. The van der Waals surface area contributed by atoms with Gasteiger partial charge in [-0.25, -0.2) is 0 Å². The molecule has 0 saturated heterocycles. The fourth-order valence-corrected chi connectivity index (χ4v) is 2.14. The molecular weight excluding hydrogens is 264 g/mol. The molecule has 0 bridgehead atoms. The van der Waals surface area contributed by atoms with Crippen LogP contribution in [0.15, 0.2) is 66.5 Å². The average molecular weight is 278 g/mol. The lowest BCUT2D eigenvalue weighted by Gasteiger charge is -2.18. The van der Waals surface area contributed by atoms with E-state index in [4.69, 9.17) is 4.74 Å². The van der Waals surface area contributed by atoms with Gasteiger partial charge in [-0.05, 0) is 31.2 Å². The molecule has 0 heterocycles. The van der Waals surface area contributed by atoms with Crippen molar-refractivity contribution in [3.63, 3.8) is 0 Å². The van der Waals surface area contributed by atoms with Gasteiger partial charge in [0.2, 0.25) is 0 Å². The van der Waals surface area contributed by atoms with Crippen molar-refractivity contribution in [3.05, 3.63) is 66.5 Å². The first-order valence-electron chi connectivity index (χ1n) is 5.69. The molecule has 0 aromatic heterocycles. The molecule has 100 valence electrons. The molecule has 0 spiro atoms. The Morgan fingerprint density at radius 1 is 1.16 bits per heavy atom. The maximum Gasteiger partial charge on any atom is 0.277 e.